The van der Waals surface area contributed by atoms with Crippen LogP contribution in [-0.4, -0.2) is 76.8 Å². The molecule has 1 aromatic heterocycles. The van der Waals surface area contributed by atoms with Crippen molar-refractivity contribution in [1.29, 1.82) is 0 Å². The van der Waals surface area contributed by atoms with E-state index in [-0.39, 0.29) is 35.7 Å². The molecule has 1 aliphatic rings. The number of carbonyl (C=O) groups excluding carboxylic acids is 2. The number of fused-ring (bicyclic) bond motifs is 1. The van der Waals surface area contributed by atoms with Crippen LogP contribution in [0, 0.1) is 17.7 Å². The van der Waals surface area contributed by atoms with Gasteiger partial charge in [-0.3, -0.25) is 4.90 Å². The average Bonchev–Trinajstić information content (AvgIpc) is 3.31. The largest absolute Gasteiger partial charge is 0.465 e. The highest BCUT2D eigenvalue weighted by Crippen LogP contribution is 2.29. The maximum Gasteiger partial charge on any atom is 0.410 e. The first kappa shape index (κ1) is 28.4. The first-order valence-electron chi connectivity index (χ1n) is 12.7. The molecule has 0 bridgehead atoms. The highest BCUT2D eigenvalue weighted by molar-refractivity contribution is 6.31. The smallest absolute Gasteiger partial charge is 0.410 e. The van der Waals surface area contributed by atoms with E-state index in [4.69, 9.17) is 21.1 Å². The van der Waals surface area contributed by atoms with Crippen LogP contribution in [-0.2, 0) is 22.4 Å². The SMILES string of the molecule is COC(=O)c1cc2c(ncn2CC#CCN2CCN(C(=O)OC(C)(C)C)CC2)c(F)c1Cc1ccccc1Cl. The van der Waals surface area contributed by atoms with E-state index in [0.29, 0.717) is 48.8 Å². The molecular weight excluding hydrogens is 523 g/mol. The molecule has 1 aliphatic heterocycles. The summed E-state index contributed by atoms with van der Waals surface area (Å²) in [5, 5.41) is 0.486. The fourth-order valence-corrected chi connectivity index (χ4v) is 4.55. The minimum absolute atomic E-state index is 0.125. The summed E-state index contributed by atoms with van der Waals surface area (Å²) >= 11 is 6.29. The van der Waals surface area contributed by atoms with Gasteiger partial charge in [-0.2, -0.15) is 0 Å². The quantitative estimate of drug-likeness (QED) is 0.334. The Bertz CT molecular complexity index is 1430. The third-order valence-electron chi connectivity index (χ3n) is 6.39. The number of amides is 1. The lowest BCUT2D eigenvalue weighted by Gasteiger charge is -2.34. The van der Waals surface area contributed by atoms with Gasteiger partial charge in [0.2, 0.25) is 0 Å². The number of methoxy groups -OCH3 is 1. The van der Waals surface area contributed by atoms with Gasteiger partial charge >= 0.3 is 12.1 Å². The molecule has 1 fully saturated rings. The summed E-state index contributed by atoms with van der Waals surface area (Å²) in [7, 11) is 1.26. The Morgan fingerprint density at radius 1 is 1.10 bits per heavy atom. The van der Waals surface area contributed by atoms with Crippen LogP contribution in [0.1, 0.15) is 42.3 Å². The van der Waals surface area contributed by atoms with E-state index in [1.54, 1.807) is 33.7 Å². The Morgan fingerprint density at radius 3 is 2.46 bits per heavy atom. The van der Waals surface area contributed by atoms with Crippen molar-refractivity contribution in [2.75, 3.05) is 39.8 Å². The molecule has 0 N–H and O–H groups in total. The number of hydrogen-bond acceptors (Lipinski definition) is 6. The number of aromatic nitrogens is 2. The molecule has 10 heteroatoms. The van der Waals surface area contributed by atoms with Crippen molar-refractivity contribution in [3.8, 4) is 11.8 Å². The van der Waals surface area contributed by atoms with E-state index >= 15 is 4.39 Å². The average molecular weight is 555 g/mol. The third-order valence-corrected chi connectivity index (χ3v) is 6.76. The van der Waals surface area contributed by atoms with Crippen LogP contribution >= 0.6 is 11.6 Å². The number of piperazine rings is 1. The van der Waals surface area contributed by atoms with Crippen LogP contribution < -0.4 is 0 Å². The summed E-state index contributed by atoms with van der Waals surface area (Å²) in [5.41, 5.74) is 1.10. The van der Waals surface area contributed by atoms with Crippen molar-refractivity contribution in [3.63, 3.8) is 0 Å². The summed E-state index contributed by atoms with van der Waals surface area (Å²) in [6.45, 7) is 8.92. The van der Waals surface area contributed by atoms with Crippen molar-refractivity contribution in [3.05, 3.63) is 64.2 Å². The zero-order chi connectivity index (χ0) is 28.2. The van der Waals surface area contributed by atoms with E-state index in [0.717, 1.165) is 0 Å². The highest BCUT2D eigenvalue weighted by atomic mass is 35.5. The molecule has 3 aromatic rings. The lowest BCUT2D eigenvalue weighted by atomic mass is 9.98. The zero-order valence-electron chi connectivity index (χ0n) is 22.6. The topological polar surface area (TPSA) is 76.9 Å². The van der Waals surface area contributed by atoms with Gasteiger partial charge in [0.1, 0.15) is 11.1 Å². The van der Waals surface area contributed by atoms with Gasteiger partial charge in [0, 0.05) is 43.2 Å². The second-order valence-corrected chi connectivity index (χ2v) is 10.7. The normalized spacial score (nSPS) is 14.2. The molecule has 4 rings (SSSR count). The predicted octanol–water partition coefficient (Wildman–Crippen LogP) is 4.76. The van der Waals surface area contributed by atoms with Crippen molar-refractivity contribution in [1.82, 2.24) is 19.4 Å². The molecule has 206 valence electrons. The van der Waals surface area contributed by atoms with E-state index in [9.17, 15) is 9.59 Å². The van der Waals surface area contributed by atoms with Gasteiger partial charge in [0.25, 0.3) is 0 Å². The summed E-state index contributed by atoms with van der Waals surface area (Å²) in [6.07, 6.45) is 1.34. The number of ether oxygens (including phenoxy) is 2. The van der Waals surface area contributed by atoms with Crippen molar-refractivity contribution in [2.45, 2.75) is 39.3 Å². The lowest BCUT2D eigenvalue weighted by molar-refractivity contribution is 0.0155. The summed E-state index contributed by atoms with van der Waals surface area (Å²) in [4.78, 5) is 33.0. The number of hydrogen-bond donors (Lipinski definition) is 0. The molecule has 1 saturated heterocycles. The van der Waals surface area contributed by atoms with Gasteiger partial charge < -0.3 is 18.9 Å². The Labute approximate surface area is 232 Å². The number of esters is 1. The fraction of sp³-hybridized carbons (Fsp3) is 0.414. The third kappa shape index (κ3) is 6.88. The second-order valence-electron chi connectivity index (χ2n) is 10.3. The molecule has 2 aromatic carbocycles. The molecule has 1 amide bonds. The number of carbonyl (C=O) groups is 2. The molecular formula is C29H32ClFN4O4. The minimum Gasteiger partial charge on any atom is -0.465 e. The van der Waals surface area contributed by atoms with Crippen molar-refractivity contribution < 1.29 is 23.5 Å². The summed E-state index contributed by atoms with van der Waals surface area (Å²) < 4.78 is 27.7. The van der Waals surface area contributed by atoms with Crippen LogP contribution in [0.15, 0.2) is 36.7 Å². The highest BCUT2D eigenvalue weighted by Gasteiger charge is 2.26. The van der Waals surface area contributed by atoms with E-state index in [1.165, 1.54) is 13.4 Å². The molecule has 0 unspecified atom stereocenters. The van der Waals surface area contributed by atoms with Gasteiger partial charge in [0.15, 0.2) is 5.82 Å². The van der Waals surface area contributed by atoms with Gasteiger partial charge in [-0.25, -0.2) is 19.0 Å². The molecule has 0 spiro atoms. The molecule has 2 heterocycles. The molecule has 0 radical (unpaired) electrons. The Kier molecular flexibility index (Phi) is 8.78. The number of halogens is 2. The lowest BCUT2D eigenvalue weighted by Crippen LogP contribution is -2.50. The van der Waals surface area contributed by atoms with Crippen LogP contribution in [0.4, 0.5) is 9.18 Å². The first-order valence-corrected chi connectivity index (χ1v) is 13.1. The monoisotopic (exact) mass is 554 g/mol. The van der Waals surface area contributed by atoms with E-state index < -0.39 is 17.4 Å². The molecule has 8 nitrogen and oxygen atoms in total. The molecule has 39 heavy (non-hydrogen) atoms. The number of rotatable bonds is 5. The van der Waals surface area contributed by atoms with Gasteiger partial charge in [-0.05, 0) is 38.5 Å². The Balaban J connectivity index is 1.45. The van der Waals surface area contributed by atoms with Crippen molar-refractivity contribution in [2.24, 2.45) is 0 Å². The Hall–Kier alpha value is -3.61. The Morgan fingerprint density at radius 2 is 1.79 bits per heavy atom. The van der Waals surface area contributed by atoms with Crippen LogP contribution in [0.25, 0.3) is 11.0 Å². The molecule has 0 atom stereocenters. The number of benzene rings is 2. The van der Waals surface area contributed by atoms with Crippen LogP contribution in [0.5, 0.6) is 0 Å². The van der Waals surface area contributed by atoms with E-state index in [1.807, 2.05) is 26.8 Å². The first-order chi connectivity index (χ1) is 18.6. The maximum atomic E-state index is 15.7. The van der Waals surface area contributed by atoms with Crippen molar-refractivity contribution >= 4 is 34.7 Å². The van der Waals surface area contributed by atoms with Crippen LogP contribution in [0.3, 0.4) is 0 Å². The standard InChI is InChI=1S/C29H32ClFN4O4/c1-29(2,3)39-28(37)34-15-13-33(14-16-34)11-7-8-12-35-19-32-26-24(35)18-22(27(36)38-4)21(25(26)31)17-20-9-5-6-10-23(20)30/h5-6,9-10,18-19H,11-17H2,1-4H3. The summed E-state index contributed by atoms with van der Waals surface area (Å²) in [5.74, 6) is 5.03. The van der Waals surface area contributed by atoms with Crippen LogP contribution in [0.2, 0.25) is 5.02 Å². The minimum atomic E-state index is -0.637. The van der Waals surface area contributed by atoms with Gasteiger partial charge in [-0.15, -0.1) is 0 Å². The molecule has 0 saturated carbocycles. The molecule has 0 aliphatic carbocycles. The second kappa shape index (κ2) is 12.1. The predicted molar refractivity (Wildman–Crippen MR) is 147 cm³/mol. The number of imidazole rings is 1. The fourth-order valence-electron chi connectivity index (χ4n) is 4.34. The summed E-state index contributed by atoms with van der Waals surface area (Å²) in [6, 6.07) is 8.71. The zero-order valence-corrected chi connectivity index (χ0v) is 23.3. The number of nitrogens with zero attached hydrogens (tertiary/aromatic N) is 4. The van der Waals surface area contributed by atoms with Gasteiger partial charge in [-0.1, -0.05) is 41.6 Å². The van der Waals surface area contributed by atoms with Gasteiger partial charge in [0.05, 0.1) is 37.6 Å². The van der Waals surface area contributed by atoms with E-state index in [2.05, 4.69) is 21.7 Å². The maximum absolute atomic E-state index is 15.7.